The fourth-order valence-electron chi connectivity index (χ4n) is 1.70. The van der Waals surface area contributed by atoms with E-state index in [1.54, 1.807) is 6.92 Å². The van der Waals surface area contributed by atoms with Gasteiger partial charge in [-0.25, -0.2) is 0 Å². The zero-order valence-corrected chi connectivity index (χ0v) is 13.1. The summed E-state index contributed by atoms with van der Waals surface area (Å²) in [5.41, 5.74) is 0.298. The van der Waals surface area contributed by atoms with Crippen molar-refractivity contribution in [2.24, 2.45) is 0 Å². The Kier molecular flexibility index (Phi) is 4.47. The zero-order chi connectivity index (χ0) is 15.1. The molecule has 0 N–H and O–H groups in total. The number of hydrogen-bond donors (Lipinski definition) is 0. The molecule has 8 heteroatoms. The quantitative estimate of drug-likeness (QED) is 0.620. The van der Waals surface area contributed by atoms with Crippen LogP contribution in [0.4, 0.5) is 13.2 Å². The Hall–Kier alpha value is -0.590. The standard InChI is InChI=1S/C12H8BrCl2F3O2/c1-2-19-11-9(15)7(13)8(14)5-3-4-6(12(16,17)18)20-10(5)11/h3-4,6H,2H2,1H3. The molecule has 1 aliphatic heterocycles. The van der Waals surface area contributed by atoms with E-state index in [4.69, 9.17) is 32.7 Å². The normalized spacial score (nSPS) is 17.6. The average molecular weight is 392 g/mol. The predicted molar refractivity (Wildman–Crippen MR) is 74.8 cm³/mol. The molecule has 0 amide bonds. The minimum atomic E-state index is -4.52. The largest absolute Gasteiger partial charge is 0.488 e. The summed E-state index contributed by atoms with van der Waals surface area (Å²) in [7, 11) is 0. The van der Waals surface area contributed by atoms with Crippen LogP contribution in [0.2, 0.25) is 10.0 Å². The Morgan fingerprint density at radius 1 is 1.35 bits per heavy atom. The Bertz CT molecular complexity index is 573. The van der Waals surface area contributed by atoms with Gasteiger partial charge in [-0.2, -0.15) is 13.2 Å². The van der Waals surface area contributed by atoms with E-state index in [-0.39, 0.29) is 28.2 Å². The molecular formula is C12H8BrCl2F3O2. The van der Waals surface area contributed by atoms with Gasteiger partial charge in [0.05, 0.1) is 16.1 Å². The van der Waals surface area contributed by atoms with Crippen LogP contribution in [0.25, 0.3) is 6.08 Å². The first-order valence-electron chi connectivity index (χ1n) is 5.52. The lowest BCUT2D eigenvalue weighted by Crippen LogP contribution is -2.34. The lowest BCUT2D eigenvalue weighted by Gasteiger charge is -2.26. The summed E-state index contributed by atoms with van der Waals surface area (Å²) < 4.78 is 48.8. The third kappa shape index (κ3) is 2.73. The van der Waals surface area contributed by atoms with Crippen LogP contribution in [0.15, 0.2) is 10.5 Å². The molecular weight excluding hydrogens is 384 g/mol. The number of hydrogen-bond acceptors (Lipinski definition) is 2. The Labute approximate surface area is 131 Å². The second-order valence-corrected chi connectivity index (χ2v) is 5.43. The van der Waals surface area contributed by atoms with Crippen LogP contribution in [0.1, 0.15) is 12.5 Å². The van der Waals surface area contributed by atoms with Crippen molar-refractivity contribution in [2.45, 2.75) is 19.2 Å². The molecule has 0 saturated heterocycles. The molecule has 2 rings (SSSR count). The van der Waals surface area contributed by atoms with Crippen LogP contribution in [0.3, 0.4) is 0 Å². The molecule has 20 heavy (non-hydrogen) atoms. The van der Waals surface area contributed by atoms with Crippen molar-refractivity contribution in [1.29, 1.82) is 0 Å². The predicted octanol–water partition coefficient (Wildman–Crippen LogP) is 5.49. The SMILES string of the molecule is CCOc1c(Cl)c(Br)c(Cl)c2c1OC(C(F)(F)F)C=C2. The second-order valence-electron chi connectivity index (χ2n) is 3.89. The zero-order valence-electron chi connectivity index (χ0n) is 10.0. The maximum atomic E-state index is 12.7. The summed E-state index contributed by atoms with van der Waals surface area (Å²) in [6.45, 7) is 1.91. The molecule has 1 aromatic carbocycles. The highest BCUT2D eigenvalue weighted by Gasteiger charge is 2.43. The number of alkyl halides is 3. The number of rotatable bonds is 2. The van der Waals surface area contributed by atoms with Gasteiger partial charge >= 0.3 is 6.18 Å². The van der Waals surface area contributed by atoms with E-state index in [9.17, 15) is 13.2 Å². The molecule has 2 nitrogen and oxygen atoms in total. The first kappa shape index (κ1) is 15.8. The van der Waals surface area contributed by atoms with E-state index < -0.39 is 12.3 Å². The van der Waals surface area contributed by atoms with Gasteiger partial charge in [0.1, 0.15) is 5.02 Å². The highest BCUT2D eigenvalue weighted by Crippen LogP contribution is 2.50. The summed E-state index contributed by atoms with van der Waals surface area (Å²) in [6, 6.07) is 0. The van der Waals surface area contributed by atoms with Gasteiger partial charge in [-0.15, -0.1) is 0 Å². The summed E-state index contributed by atoms with van der Waals surface area (Å²) in [6.07, 6.45) is -4.43. The molecule has 0 aromatic heterocycles. The number of fused-ring (bicyclic) bond motifs is 1. The molecule has 0 fully saturated rings. The van der Waals surface area contributed by atoms with Crippen molar-refractivity contribution in [2.75, 3.05) is 6.61 Å². The first-order chi connectivity index (χ1) is 9.27. The monoisotopic (exact) mass is 390 g/mol. The fourth-order valence-corrected chi connectivity index (χ4v) is 2.62. The van der Waals surface area contributed by atoms with Crippen LogP contribution in [0.5, 0.6) is 11.5 Å². The van der Waals surface area contributed by atoms with E-state index in [0.717, 1.165) is 6.08 Å². The molecule has 1 heterocycles. The Morgan fingerprint density at radius 3 is 2.55 bits per heavy atom. The van der Waals surface area contributed by atoms with Crippen molar-refractivity contribution < 1.29 is 22.6 Å². The topological polar surface area (TPSA) is 18.5 Å². The highest BCUT2D eigenvalue weighted by atomic mass is 79.9. The lowest BCUT2D eigenvalue weighted by molar-refractivity contribution is -0.180. The van der Waals surface area contributed by atoms with Crippen molar-refractivity contribution in [3.8, 4) is 11.5 Å². The van der Waals surface area contributed by atoms with Crippen molar-refractivity contribution in [3.05, 3.63) is 26.2 Å². The van der Waals surface area contributed by atoms with E-state index in [1.807, 2.05) is 0 Å². The maximum Gasteiger partial charge on any atom is 0.429 e. The van der Waals surface area contributed by atoms with Gasteiger partial charge in [-0.3, -0.25) is 0 Å². The summed E-state index contributed by atoms with van der Waals surface area (Å²) in [5, 5.41) is 0.247. The van der Waals surface area contributed by atoms with Crippen molar-refractivity contribution >= 4 is 45.2 Å². The molecule has 1 unspecified atom stereocenters. The number of ether oxygens (including phenoxy) is 2. The fraction of sp³-hybridized carbons (Fsp3) is 0.333. The highest BCUT2D eigenvalue weighted by molar-refractivity contribution is 9.10. The van der Waals surface area contributed by atoms with Crippen LogP contribution >= 0.6 is 39.1 Å². The molecule has 0 saturated carbocycles. The molecule has 1 atom stereocenters. The van der Waals surface area contributed by atoms with Gasteiger partial charge in [-0.1, -0.05) is 23.2 Å². The number of benzene rings is 1. The molecule has 0 aliphatic carbocycles. The maximum absolute atomic E-state index is 12.7. The third-order valence-electron chi connectivity index (χ3n) is 2.57. The Morgan fingerprint density at radius 2 is 2.00 bits per heavy atom. The minimum absolute atomic E-state index is 0.0408. The molecule has 0 spiro atoms. The molecule has 110 valence electrons. The van der Waals surface area contributed by atoms with Gasteiger partial charge in [0.25, 0.3) is 0 Å². The van der Waals surface area contributed by atoms with Crippen molar-refractivity contribution in [1.82, 2.24) is 0 Å². The first-order valence-corrected chi connectivity index (χ1v) is 7.07. The second kappa shape index (κ2) is 5.66. The average Bonchev–Trinajstić information content (AvgIpc) is 2.39. The van der Waals surface area contributed by atoms with Gasteiger partial charge in [0, 0.05) is 5.56 Å². The van der Waals surface area contributed by atoms with Gasteiger partial charge < -0.3 is 9.47 Å². The van der Waals surface area contributed by atoms with E-state index in [0.29, 0.717) is 10.0 Å². The van der Waals surface area contributed by atoms with Crippen LogP contribution in [-0.4, -0.2) is 18.9 Å². The van der Waals surface area contributed by atoms with Crippen LogP contribution < -0.4 is 9.47 Å². The summed E-state index contributed by atoms with van der Waals surface area (Å²) >= 11 is 15.3. The molecule has 1 aliphatic rings. The van der Waals surface area contributed by atoms with E-state index in [2.05, 4.69) is 15.9 Å². The van der Waals surface area contributed by atoms with Gasteiger partial charge in [0.2, 0.25) is 6.10 Å². The lowest BCUT2D eigenvalue weighted by atomic mass is 10.1. The molecule has 1 aromatic rings. The minimum Gasteiger partial charge on any atom is -0.488 e. The van der Waals surface area contributed by atoms with Crippen LogP contribution in [-0.2, 0) is 0 Å². The third-order valence-corrected chi connectivity index (χ3v) is 4.57. The molecule has 0 bridgehead atoms. The van der Waals surface area contributed by atoms with E-state index in [1.165, 1.54) is 6.08 Å². The van der Waals surface area contributed by atoms with Gasteiger partial charge in [-0.05, 0) is 35.0 Å². The van der Waals surface area contributed by atoms with Gasteiger partial charge in [0.15, 0.2) is 11.5 Å². The molecule has 0 radical (unpaired) electrons. The van der Waals surface area contributed by atoms with E-state index >= 15 is 0 Å². The van der Waals surface area contributed by atoms with Crippen molar-refractivity contribution in [3.63, 3.8) is 0 Å². The smallest absolute Gasteiger partial charge is 0.429 e. The Balaban J connectivity index is 2.60. The van der Waals surface area contributed by atoms with Crippen LogP contribution in [0, 0.1) is 0 Å². The number of halogens is 6. The summed E-state index contributed by atoms with van der Waals surface area (Å²) in [5.74, 6) is -0.0612. The summed E-state index contributed by atoms with van der Waals surface area (Å²) in [4.78, 5) is 0.